The number of hydrogen-bond donors (Lipinski definition) is 0. The molecule has 0 bridgehead atoms. The van der Waals surface area contributed by atoms with Gasteiger partial charge in [-0.25, -0.2) is 9.78 Å². The zero-order chi connectivity index (χ0) is 18.4. The number of pyridine rings is 1. The fourth-order valence-corrected chi connectivity index (χ4v) is 2.94. The van der Waals surface area contributed by atoms with Gasteiger partial charge in [0, 0.05) is 11.1 Å². The number of ether oxygens (including phenoxy) is 1. The summed E-state index contributed by atoms with van der Waals surface area (Å²) in [6.07, 6.45) is 0.716. The Balaban J connectivity index is 2.05. The highest BCUT2D eigenvalue weighted by Gasteiger charge is 2.51. The summed E-state index contributed by atoms with van der Waals surface area (Å²) in [5.41, 5.74) is 1.38. The van der Waals surface area contributed by atoms with E-state index in [4.69, 9.17) is 14.0 Å². The average molecular weight is 341 g/mol. The second kappa shape index (κ2) is 6.11. The summed E-state index contributed by atoms with van der Waals surface area (Å²) in [5, 5.41) is 1.95. The van der Waals surface area contributed by atoms with Crippen molar-refractivity contribution in [2.24, 2.45) is 0 Å². The summed E-state index contributed by atoms with van der Waals surface area (Å²) in [6.45, 7) is 10.2. The Bertz CT molecular complexity index is 816. The zero-order valence-electron chi connectivity index (χ0n) is 15.7. The van der Waals surface area contributed by atoms with Gasteiger partial charge in [-0.3, -0.25) is 0 Å². The molecule has 0 unspecified atom stereocenters. The Morgan fingerprint density at radius 1 is 1.16 bits per heavy atom. The van der Waals surface area contributed by atoms with Gasteiger partial charge < -0.3 is 14.0 Å². The van der Waals surface area contributed by atoms with Gasteiger partial charge in [-0.15, -0.1) is 0 Å². The van der Waals surface area contributed by atoms with Gasteiger partial charge in [0.05, 0.1) is 18.3 Å². The predicted octanol–water partition coefficient (Wildman–Crippen LogP) is 2.88. The maximum Gasteiger partial charge on any atom is 0.494 e. The van der Waals surface area contributed by atoms with Gasteiger partial charge >= 0.3 is 13.1 Å². The molecule has 25 heavy (non-hydrogen) atoms. The highest BCUT2D eigenvalue weighted by molar-refractivity contribution is 6.62. The van der Waals surface area contributed by atoms with Crippen molar-refractivity contribution in [2.75, 3.05) is 7.11 Å². The molecule has 0 aliphatic carbocycles. The first-order chi connectivity index (χ1) is 11.7. The largest absolute Gasteiger partial charge is 0.494 e. The fourth-order valence-electron chi connectivity index (χ4n) is 2.94. The van der Waals surface area contributed by atoms with E-state index < -0.39 is 13.1 Å². The first kappa shape index (κ1) is 17.9. The number of rotatable bonds is 3. The summed E-state index contributed by atoms with van der Waals surface area (Å²) in [4.78, 5) is 16.3. The Kier molecular flexibility index (Phi) is 4.37. The Hall–Kier alpha value is -1.92. The van der Waals surface area contributed by atoms with Crippen LogP contribution in [0.15, 0.2) is 24.3 Å². The number of nitrogens with zero attached hydrogens (tertiary/aromatic N) is 1. The lowest BCUT2D eigenvalue weighted by Gasteiger charge is -2.32. The van der Waals surface area contributed by atoms with Gasteiger partial charge in [0.15, 0.2) is 0 Å². The quantitative estimate of drug-likeness (QED) is 0.635. The van der Waals surface area contributed by atoms with Gasteiger partial charge in [-0.2, -0.15) is 0 Å². The standard InChI is InChI=1S/C19H24BNO4/c1-7-15-14-11-13(20-24-18(2,3)19(4,5)25-20)9-8-12(14)10-16(21-15)17(22)23-6/h8-11H,7H2,1-6H3. The molecule has 0 radical (unpaired) electrons. The molecule has 3 rings (SSSR count). The summed E-state index contributed by atoms with van der Waals surface area (Å²) in [7, 11) is 0.945. The lowest BCUT2D eigenvalue weighted by Crippen LogP contribution is -2.41. The van der Waals surface area contributed by atoms with E-state index in [1.54, 1.807) is 6.07 Å². The van der Waals surface area contributed by atoms with Gasteiger partial charge in [0.25, 0.3) is 0 Å². The fraction of sp³-hybridized carbons (Fsp3) is 0.474. The number of benzene rings is 1. The van der Waals surface area contributed by atoms with Crippen molar-refractivity contribution in [1.82, 2.24) is 4.98 Å². The van der Waals surface area contributed by atoms with Crippen molar-refractivity contribution >= 4 is 29.3 Å². The molecule has 0 amide bonds. The minimum absolute atomic E-state index is 0.329. The molecule has 0 spiro atoms. The van der Waals surface area contributed by atoms with Crippen LogP contribution in [0.2, 0.25) is 0 Å². The lowest BCUT2D eigenvalue weighted by atomic mass is 9.78. The van der Waals surface area contributed by atoms with Crippen molar-refractivity contribution in [2.45, 2.75) is 52.2 Å². The second-order valence-electron chi connectivity index (χ2n) is 7.37. The van der Waals surface area contributed by atoms with Crippen LogP contribution < -0.4 is 5.46 Å². The van der Waals surface area contributed by atoms with Crippen molar-refractivity contribution < 1.29 is 18.8 Å². The second-order valence-corrected chi connectivity index (χ2v) is 7.37. The van der Waals surface area contributed by atoms with E-state index in [9.17, 15) is 4.79 Å². The predicted molar refractivity (Wildman–Crippen MR) is 98.2 cm³/mol. The molecule has 0 saturated carbocycles. The van der Waals surface area contributed by atoms with E-state index in [1.165, 1.54) is 7.11 Å². The summed E-state index contributed by atoms with van der Waals surface area (Å²) >= 11 is 0. The molecule has 132 valence electrons. The minimum Gasteiger partial charge on any atom is -0.464 e. The first-order valence-electron chi connectivity index (χ1n) is 8.56. The number of esters is 1. The van der Waals surface area contributed by atoms with Crippen molar-refractivity contribution in [3.8, 4) is 0 Å². The normalized spacial score (nSPS) is 18.6. The van der Waals surface area contributed by atoms with Gasteiger partial charge in [-0.05, 0) is 51.0 Å². The van der Waals surface area contributed by atoms with Crippen LogP contribution >= 0.6 is 0 Å². The zero-order valence-corrected chi connectivity index (χ0v) is 15.7. The van der Waals surface area contributed by atoms with Crippen molar-refractivity contribution in [1.29, 1.82) is 0 Å². The highest BCUT2D eigenvalue weighted by Crippen LogP contribution is 2.36. The van der Waals surface area contributed by atoms with Crippen LogP contribution in [0.1, 0.15) is 50.8 Å². The number of methoxy groups -OCH3 is 1. The molecule has 5 nitrogen and oxygen atoms in total. The maximum atomic E-state index is 11.8. The lowest BCUT2D eigenvalue weighted by molar-refractivity contribution is 0.00578. The average Bonchev–Trinajstić information content (AvgIpc) is 2.80. The van der Waals surface area contributed by atoms with E-state index in [-0.39, 0.29) is 11.2 Å². The van der Waals surface area contributed by atoms with Gasteiger partial charge in [0.2, 0.25) is 0 Å². The first-order valence-corrected chi connectivity index (χ1v) is 8.56. The van der Waals surface area contributed by atoms with Gasteiger partial charge in [0.1, 0.15) is 5.69 Å². The molecular formula is C19H24BNO4. The summed E-state index contributed by atoms with van der Waals surface area (Å²) in [5.74, 6) is -0.424. The smallest absolute Gasteiger partial charge is 0.464 e. The molecule has 1 aromatic carbocycles. The number of carbonyl (C=O) groups is 1. The SMILES string of the molecule is CCc1nc(C(=O)OC)cc2ccc(B3OC(C)(C)C(C)(C)O3)cc12. The van der Waals surface area contributed by atoms with E-state index in [0.717, 1.165) is 21.9 Å². The topological polar surface area (TPSA) is 57.7 Å². The third-order valence-corrected chi connectivity index (χ3v) is 5.19. The van der Waals surface area contributed by atoms with Crippen LogP contribution in [-0.4, -0.2) is 36.4 Å². The van der Waals surface area contributed by atoms with Crippen LogP contribution in [0.5, 0.6) is 0 Å². The Morgan fingerprint density at radius 3 is 2.36 bits per heavy atom. The van der Waals surface area contributed by atoms with Crippen LogP contribution in [0, 0.1) is 0 Å². The van der Waals surface area contributed by atoms with E-state index in [2.05, 4.69) is 4.98 Å². The van der Waals surface area contributed by atoms with Crippen molar-refractivity contribution in [3.05, 3.63) is 35.7 Å². The third kappa shape index (κ3) is 3.05. The molecule has 2 heterocycles. The van der Waals surface area contributed by atoms with Gasteiger partial charge in [-0.1, -0.05) is 25.1 Å². The molecule has 1 aromatic heterocycles. The van der Waals surface area contributed by atoms with Crippen LogP contribution in [0.4, 0.5) is 0 Å². The molecule has 1 fully saturated rings. The number of hydrogen-bond acceptors (Lipinski definition) is 5. The highest BCUT2D eigenvalue weighted by atomic mass is 16.7. The third-order valence-electron chi connectivity index (χ3n) is 5.19. The molecule has 1 aliphatic rings. The number of aryl methyl sites for hydroxylation is 1. The van der Waals surface area contributed by atoms with Crippen LogP contribution in [0.3, 0.4) is 0 Å². The summed E-state index contributed by atoms with van der Waals surface area (Å²) in [6, 6.07) is 7.76. The van der Waals surface area contributed by atoms with Crippen molar-refractivity contribution in [3.63, 3.8) is 0 Å². The van der Waals surface area contributed by atoms with E-state index >= 15 is 0 Å². The molecule has 6 heteroatoms. The monoisotopic (exact) mass is 341 g/mol. The molecule has 0 atom stereocenters. The Labute approximate surface area is 148 Å². The minimum atomic E-state index is -0.424. The molecule has 1 aliphatic heterocycles. The molecule has 2 aromatic rings. The Morgan fingerprint density at radius 2 is 1.80 bits per heavy atom. The van der Waals surface area contributed by atoms with E-state index in [0.29, 0.717) is 12.1 Å². The van der Waals surface area contributed by atoms with E-state index in [1.807, 2.05) is 52.8 Å². The molecule has 0 N–H and O–H groups in total. The number of fused-ring (bicyclic) bond motifs is 1. The molecule has 1 saturated heterocycles. The summed E-state index contributed by atoms with van der Waals surface area (Å²) < 4.78 is 17.1. The maximum absolute atomic E-state index is 11.8. The number of aromatic nitrogens is 1. The molecular weight excluding hydrogens is 317 g/mol. The van der Waals surface area contributed by atoms with Crippen LogP contribution in [-0.2, 0) is 20.5 Å². The van der Waals surface area contributed by atoms with Crippen LogP contribution in [0.25, 0.3) is 10.8 Å². The number of carbonyl (C=O) groups excluding carboxylic acids is 1.